The van der Waals surface area contributed by atoms with Crippen molar-refractivity contribution in [3.8, 4) is 11.5 Å². The van der Waals surface area contributed by atoms with Crippen molar-refractivity contribution < 1.29 is 13.9 Å². The van der Waals surface area contributed by atoms with E-state index in [-0.39, 0.29) is 5.82 Å². The largest absolute Gasteiger partial charge is 0.493 e. The van der Waals surface area contributed by atoms with E-state index in [0.29, 0.717) is 17.1 Å². The van der Waals surface area contributed by atoms with Crippen LogP contribution in [-0.2, 0) is 12.8 Å². The van der Waals surface area contributed by atoms with Crippen LogP contribution in [0.1, 0.15) is 32.7 Å². The number of methoxy groups -OCH3 is 2. The van der Waals surface area contributed by atoms with Crippen molar-refractivity contribution in [3.05, 3.63) is 44.9 Å². The summed E-state index contributed by atoms with van der Waals surface area (Å²) in [4.78, 5) is 2.38. The number of halogens is 2. The third-order valence-electron chi connectivity index (χ3n) is 3.79. The zero-order chi connectivity index (χ0) is 15.0. The van der Waals surface area contributed by atoms with E-state index in [0.717, 1.165) is 17.7 Å². The molecule has 0 amide bonds. The Hall–Kier alpha value is -1.26. The normalized spacial score (nSPS) is 14.9. The number of hydrogen-bond acceptors (Lipinski definition) is 3. The van der Waals surface area contributed by atoms with Crippen molar-refractivity contribution in [1.29, 1.82) is 0 Å². The first-order chi connectivity index (χ1) is 10.1. The molecule has 0 spiro atoms. The monoisotopic (exact) mass is 326 g/mol. The van der Waals surface area contributed by atoms with Crippen molar-refractivity contribution in [1.82, 2.24) is 0 Å². The molecule has 1 heterocycles. The Bertz CT molecular complexity index is 647. The maximum atomic E-state index is 14.3. The fourth-order valence-corrected chi connectivity index (χ4v) is 4.31. The summed E-state index contributed by atoms with van der Waals surface area (Å²) < 4.78 is 24.6. The molecule has 0 aliphatic heterocycles. The molecule has 1 aromatic carbocycles. The first-order valence-electron chi connectivity index (χ1n) is 6.81. The zero-order valence-corrected chi connectivity index (χ0v) is 13.5. The van der Waals surface area contributed by atoms with E-state index in [9.17, 15) is 4.39 Å². The third-order valence-corrected chi connectivity index (χ3v) is 5.69. The van der Waals surface area contributed by atoms with Gasteiger partial charge in [-0.3, -0.25) is 0 Å². The van der Waals surface area contributed by atoms with E-state index in [1.165, 1.54) is 37.1 Å². The molecule has 1 unspecified atom stereocenters. The predicted molar refractivity (Wildman–Crippen MR) is 83.5 cm³/mol. The number of thiophene rings is 1. The molecular formula is C16H16ClFO2S. The summed E-state index contributed by atoms with van der Waals surface area (Å²) in [5, 5.41) is -0.500. The average Bonchev–Trinajstić information content (AvgIpc) is 3.07. The minimum absolute atomic E-state index is 0.372. The fourth-order valence-electron chi connectivity index (χ4n) is 2.69. The second-order valence-electron chi connectivity index (χ2n) is 5.04. The first kappa shape index (κ1) is 14.7. The van der Waals surface area contributed by atoms with Crippen LogP contribution in [0.4, 0.5) is 4.39 Å². The quantitative estimate of drug-likeness (QED) is 0.757. The Morgan fingerprint density at radius 3 is 2.52 bits per heavy atom. The highest BCUT2D eigenvalue weighted by Gasteiger charge is 2.23. The van der Waals surface area contributed by atoms with Crippen LogP contribution in [0, 0.1) is 5.82 Å². The fraction of sp³-hybridized carbons (Fsp3) is 0.375. The van der Waals surface area contributed by atoms with Crippen LogP contribution in [0.3, 0.4) is 0 Å². The second-order valence-corrected chi connectivity index (χ2v) is 6.65. The summed E-state index contributed by atoms with van der Waals surface area (Å²) in [6, 6.07) is 5.06. The lowest BCUT2D eigenvalue weighted by molar-refractivity contribution is 0.351. The molecule has 112 valence electrons. The molecule has 5 heteroatoms. The molecule has 2 aromatic rings. The van der Waals surface area contributed by atoms with Gasteiger partial charge < -0.3 is 9.47 Å². The predicted octanol–water partition coefficient (Wildman–Crippen LogP) is 4.72. The average molecular weight is 327 g/mol. The molecule has 1 atom stereocenters. The molecule has 0 saturated heterocycles. The highest BCUT2D eigenvalue weighted by atomic mass is 35.5. The number of fused-ring (bicyclic) bond motifs is 1. The second kappa shape index (κ2) is 5.85. The lowest BCUT2D eigenvalue weighted by Crippen LogP contribution is -1.99. The van der Waals surface area contributed by atoms with Gasteiger partial charge in [-0.2, -0.15) is 0 Å². The maximum Gasteiger partial charge on any atom is 0.163 e. The van der Waals surface area contributed by atoms with Gasteiger partial charge in [0.2, 0.25) is 0 Å². The van der Waals surface area contributed by atoms with Gasteiger partial charge in [-0.15, -0.1) is 22.9 Å². The van der Waals surface area contributed by atoms with Crippen LogP contribution in [0.25, 0.3) is 0 Å². The molecule has 21 heavy (non-hydrogen) atoms. The molecule has 1 aliphatic rings. The summed E-state index contributed by atoms with van der Waals surface area (Å²) in [6.45, 7) is 0. The van der Waals surface area contributed by atoms with Crippen LogP contribution in [0.15, 0.2) is 18.2 Å². The number of benzene rings is 1. The Balaban J connectivity index is 1.98. The number of hydrogen-bond donors (Lipinski definition) is 0. The summed E-state index contributed by atoms with van der Waals surface area (Å²) in [5.74, 6) is 0.487. The van der Waals surface area contributed by atoms with Gasteiger partial charge in [-0.25, -0.2) is 4.39 Å². The van der Waals surface area contributed by atoms with E-state index in [2.05, 4.69) is 6.07 Å². The first-order valence-corrected chi connectivity index (χ1v) is 8.06. The Morgan fingerprint density at radius 1 is 1.14 bits per heavy atom. The van der Waals surface area contributed by atoms with Crippen molar-refractivity contribution in [2.24, 2.45) is 0 Å². The van der Waals surface area contributed by atoms with Crippen LogP contribution < -0.4 is 9.47 Å². The number of aryl methyl sites for hydroxylation is 2. The molecule has 0 bridgehead atoms. The van der Waals surface area contributed by atoms with Crippen LogP contribution in [0.5, 0.6) is 11.5 Å². The summed E-state index contributed by atoms with van der Waals surface area (Å²) in [7, 11) is 3.02. The molecule has 0 saturated carbocycles. The Labute approximate surface area is 132 Å². The van der Waals surface area contributed by atoms with Gasteiger partial charge in [-0.1, -0.05) is 0 Å². The van der Waals surface area contributed by atoms with E-state index in [4.69, 9.17) is 21.1 Å². The van der Waals surface area contributed by atoms with Crippen molar-refractivity contribution in [3.63, 3.8) is 0 Å². The number of alkyl halides is 1. The van der Waals surface area contributed by atoms with Crippen molar-refractivity contribution in [2.45, 2.75) is 24.6 Å². The number of rotatable bonds is 4. The van der Waals surface area contributed by atoms with Gasteiger partial charge >= 0.3 is 0 Å². The van der Waals surface area contributed by atoms with E-state index < -0.39 is 5.38 Å². The molecule has 0 fully saturated rings. The molecule has 1 aromatic heterocycles. The molecule has 2 nitrogen and oxygen atoms in total. The number of ether oxygens (including phenoxy) is 2. The van der Waals surface area contributed by atoms with Crippen LogP contribution in [-0.4, -0.2) is 14.2 Å². The minimum Gasteiger partial charge on any atom is -0.493 e. The molecule has 0 radical (unpaired) electrons. The Kier molecular flexibility index (Phi) is 4.09. The summed E-state index contributed by atoms with van der Waals surface area (Å²) in [6.07, 6.45) is 3.42. The van der Waals surface area contributed by atoms with E-state index >= 15 is 0 Å². The van der Waals surface area contributed by atoms with Crippen molar-refractivity contribution >= 4 is 22.9 Å². The zero-order valence-electron chi connectivity index (χ0n) is 11.9. The highest BCUT2D eigenvalue weighted by Crippen LogP contribution is 2.42. The van der Waals surface area contributed by atoms with Gasteiger partial charge in [-0.05, 0) is 37.0 Å². The topological polar surface area (TPSA) is 18.5 Å². The van der Waals surface area contributed by atoms with Crippen LogP contribution >= 0.6 is 22.9 Å². The van der Waals surface area contributed by atoms with Gasteiger partial charge in [0.05, 0.1) is 19.6 Å². The summed E-state index contributed by atoms with van der Waals surface area (Å²) >= 11 is 8.19. The van der Waals surface area contributed by atoms with E-state index in [1.807, 2.05) is 0 Å². The van der Waals surface area contributed by atoms with Gasteiger partial charge in [0, 0.05) is 21.4 Å². The van der Waals surface area contributed by atoms with Crippen molar-refractivity contribution in [2.75, 3.05) is 14.2 Å². The minimum atomic E-state index is -0.500. The van der Waals surface area contributed by atoms with Crippen LogP contribution in [0.2, 0.25) is 0 Å². The smallest absolute Gasteiger partial charge is 0.163 e. The summed E-state index contributed by atoms with van der Waals surface area (Å²) in [5.41, 5.74) is 1.79. The Morgan fingerprint density at radius 2 is 1.86 bits per heavy atom. The molecule has 1 aliphatic carbocycles. The molecule has 3 rings (SSSR count). The van der Waals surface area contributed by atoms with Gasteiger partial charge in [0.15, 0.2) is 11.5 Å². The SMILES string of the molecule is COc1cc(F)c(C(Cl)c2cc3c(s2)CCC3)cc1OC. The van der Waals surface area contributed by atoms with Gasteiger partial charge in [0.1, 0.15) is 5.82 Å². The lowest BCUT2D eigenvalue weighted by atomic mass is 10.1. The highest BCUT2D eigenvalue weighted by molar-refractivity contribution is 7.12. The molecular weight excluding hydrogens is 311 g/mol. The molecule has 0 N–H and O–H groups in total. The van der Waals surface area contributed by atoms with E-state index in [1.54, 1.807) is 17.4 Å². The standard InChI is InChI=1S/C16H16ClFO2S/c1-19-12-7-10(11(18)8-13(12)20-2)16(17)15-6-9-4-3-5-14(9)21-15/h6-8,16H,3-5H2,1-2H3. The van der Waals surface area contributed by atoms with Gasteiger partial charge in [0.25, 0.3) is 0 Å². The lowest BCUT2D eigenvalue weighted by Gasteiger charge is -2.14. The maximum absolute atomic E-state index is 14.3. The third kappa shape index (κ3) is 2.62.